The number of halogens is 1. The Morgan fingerprint density at radius 2 is 2.12 bits per heavy atom. The third-order valence-electron chi connectivity index (χ3n) is 2.20. The molecule has 86 valence electrons. The number of pyridine rings is 2. The van der Waals surface area contributed by atoms with Gasteiger partial charge in [0.1, 0.15) is 11.5 Å². The Morgan fingerprint density at radius 3 is 2.82 bits per heavy atom. The smallest absolute Gasteiger partial charge is 0.275 e. The summed E-state index contributed by atoms with van der Waals surface area (Å²) >= 11 is 5.79. The molecule has 5 heteroatoms. The van der Waals surface area contributed by atoms with E-state index in [1.54, 1.807) is 12.3 Å². The van der Waals surface area contributed by atoms with E-state index in [9.17, 15) is 4.79 Å². The summed E-state index contributed by atoms with van der Waals surface area (Å²) in [5.41, 5.74) is 1.16. The van der Waals surface area contributed by atoms with Gasteiger partial charge in [0, 0.05) is 17.4 Å². The molecule has 0 unspecified atom stereocenters. The average molecular weight is 248 g/mol. The van der Waals surface area contributed by atoms with Crippen LogP contribution in [0.15, 0.2) is 36.7 Å². The molecule has 0 fully saturated rings. The monoisotopic (exact) mass is 247 g/mol. The highest BCUT2D eigenvalue weighted by molar-refractivity contribution is 6.30. The highest BCUT2D eigenvalue weighted by atomic mass is 35.5. The highest BCUT2D eigenvalue weighted by Gasteiger charge is 2.09. The van der Waals surface area contributed by atoms with Crippen molar-refractivity contribution in [3.8, 4) is 0 Å². The number of aromatic nitrogens is 2. The summed E-state index contributed by atoms with van der Waals surface area (Å²) in [6.07, 6.45) is 3.11. The van der Waals surface area contributed by atoms with Crippen molar-refractivity contribution in [3.63, 3.8) is 0 Å². The van der Waals surface area contributed by atoms with E-state index in [-0.39, 0.29) is 11.6 Å². The molecular weight excluding hydrogens is 238 g/mol. The standard InChI is InChI=1S/C12H10ClN3O/c1-8-3-2-5-15-11(8)16-12(17)10-7-9(13)4-6-14-10/h2-7H,1H3,(H,15,16,17). The van der Waals surface area contributed by atoms with Gasteiger partial charge in [-0.15, -0.1) is 0 Å². The zero-order valence-corrected chi connectivity index (χ0v) is 9.90. The molecule has 0 saturated heterocycles. The second-order valence-corrected chi connectivity index (χ2v) is 3.92. The molecule has 0 aliphatic heterocycles. The summed E-state index contributed by atoms with van der Waals surface area (Å²) in [6, 6.07) is 6.80. The Morgan fingerprint density at radius 1 is 1.29 bits per heavy atom. The number of hydrogen-bond acceptors (Lipinski definition) is 3. The van der Waals surface area contributed by atoms with E-state index in [2.05, 4.69) is 15.3 Å². The first-order chi connectivity index (χ1) is 8.16. The number of carbonyl (C=O) groups is 1. The fraction of sp³-hybridized carbons (Fsp3) is 0.0833. The Hall–Kier alpha value is -1.94. The van der Waals surface area contributed by atoms with Gasteiger partial charge in [-0.2, -0.15) is 0 Å². The molecule has 2 heterocycles. The Kier molecular flexibility index (Phi) is 3.35. The van der Waals surface area contributed by atoms with Gasteiger partial charge in [-0.05, 0) is 30.7 Å². The van der Waals surface area contributed by atoms with Crippen molar-refractivity contribution in [2.24, 2.45) is 0 Å². The summed E-state index contributed by atoms with van der Waals surface area (Å²) in [5.74, 6) is 0.202. The third-order valence-corrected chi connectivity index (χ3v) is 2.43. The summed E-state index contributed by atoms with van der Waals surface area (Å²) in [5, 5.41) is 3.16. The minimum absolute atomic E-state index is 0.266. The van der Waals surface area contributed by atoms with Gasteiger partial charge in [-0.25, -0.2) is 4.98 Å². The summed E-state index contributed by atoms with van der Waals surface area (Å²) in [7, 11) is 0. The number of anilines is 1. The molecule has 17 heavy (non-hydrogen) atoms. The summed E-state index contributed by atoms with van der Waals surface area (Å²) < 4.78 is 0. The quantitative estimate of drug-likeness (QED) is 0.888. The largest absolute Gasteiger partial charge is 0.305 e. The molecule has 0 bridgehead atoms. The maximum Gasteiger partial charge on any atom is 0.275 e. The molecule has 0 atom stereocenters. The van der Waals surface area contributed by atoms with E-state index in [1.807, 2.05) is 19.1 Å². The maximum absolute atomic E-state index is 11.8. The van der Waals surface area contributed by atoms with Crippen molar-refractivity contribution in [2.45, 2.75) is 6.92 Å². The van der Waals surface area contributed by atoms with E-state index < -0.39 is 0 Å². The number of aryl methyl sites for hydroxylation is 1. The van der Waals surface area contributed by atoms with Crippen molar-refractivity contribution in [3.05, 3.63) is 52.9 Å². The van der Waals surface area contributed by atoms with Crippen LogP contribution in [0.25, 0.3) is 0 Å². The minimum atomic E-state index is -0.325. The molecule has 0 aromatic carbocycles. The molecule has 2 rings (SSSR count). The number of carbonyl (C=O) groups excluding carboxylic acids is 1. The fourth-order valence-corrected chi connectivity index (χ4v) is 1.48. The molecule has 2 aromatic rings. The van der Waals surface area contributed by atoms with Gasteiger partial charge in [-0.1, -0.05) is 17.7 Å². The minimum Gasteiger partial charge on any atom is -0.305 e. The number of rotatable bonds is 2. The van der Waals surface area contributed by atoms with Crippen LogP contribution in [-0.2, 0) is 0 Å². The van der Waals surface area contributed by atoms with Crippen molar-refractivity contribution in [1.29, 1.82) is 0 Å². The van der Waals surface area contributed by atoms with Crippen molar-refractivity contribution in [1.82, 2.24) is 9.97 Å². The zero-order valence-electron chi connectivity index (χ0n) is 9.14. The molecule has 1 amide bonds. The Labute approximate surface area is 104 Å². The molecule has 2 aromatic heterocycles. The van der Waals surface area contributed by atoms with Crippen LogP contribution in [0.4, 0.5) is 5.82 Å². The van der Waals surface area contributed by atoms with Crippen molar-refractivity contribution in [2.75, 3.05) is 5.32 Å². The van der Waals surface area contributed by atoms with E-state index >= 15 is 0 Å². The van der Waals surface area contributed by atoms with Crippen LogP contribution < -0.4 is 5.32 Å². The Bertz CT molecular complexity index is 557. The number of nitrogens with zero attached hydrogens (tertiary/aromatic N) is 2. The van der Waals surface area contributed by atoms with Crippen molar-refractivity contribution >= 4 is 23.3 Å². The molecule has 0 aliphatic rings. The van der Waals surface area contributed by atoms with Crippen LogP contribution >= 0.6 is 11.6 Å². The average Bonchev–Trinajstić information content (AvgIpc) is 2.32. The van der Waals surface area contributed by atoms with E-state index in [0.29, 0.717) is 10.8 Å². The second kappa shape index (κ2) is 4.93. The van der Waals surface area contributed by atoms with Gasteiger partial charge in [0.2, 0.25) is 0 Å². The van der Waals surface area contributed by atoms with Gasteiger partial charge < -0.3 is 5.32 Å². The van der Waals surface area contributed by atoms with Crippen LogP contribution in [0.5, 0.6) is 0 Å². The number of nitrogens with one attached hydrogen (secondary N) is 1. The van der Waals surface area contributed by atoms with Crippen LogP contribution in [0.2, 0.25) is 5.02 Å². The molecule has 0 saturated carbocycles. The first kappa shape index (κ1) is 11.5. The lowest BCUT2D eigenvalue weighted by atomic mass is 10.3. The summed E-state index contributed by atoms with van der Waals surface area (Å²) in [6.45, 7) is 1.87. The van der Waals surface area contributed by atoms with Gasteiger partial charge in [0.25, 0.3) is 5.91 Å². The highest BCUT2D eigenvalue weighted by Crippen LogP contribution is 2.12. The predicted octanol–water partition coefficient (Wildman–Crippen LogP) is 2.69. The molecule has 0 spiro atoms. The van der Waals surface area contributed by atoms with Gasteiger partial charge in [0.05, 0.1) is 0 Å². The number of hydrogen-bond donors (Lipinski definition) is 1. The molecular formula is C12H10ClN3O. The molecule has 0 aliphatic carbocycles. The van der Waals surface area contributed by atoms with Crippen LogP contribution in [0.3, 0.4) is 0 Å². The predicted molar refractivity (Wildman–Crippen MR) is 66.2 cm³/mol. The van der Waals surface area contributed by atoms with Gasteiger partial charge in [0.15, 0.2) is 0 Å². The SMILES string of the molecule is Cc1cccnc1NC(=O)c1cc(Cl)ccn1. The van der Waals surface area contributed by atoms with Crippen LogP contribution in [-0.4, -0.2) is 15.9 Å². The summed E-state index contributed by atoms with van der Waals surface area (Å²) in [4.78, 5) is 19.9. The lowest BCUT2D eigenvalue weighted by Gasteiger charge is -2.06. The van der Waals surface area contributed by atoms with Crippen molar-refractivity contribution < 1.29 is 4.79 Å². The van der Waals surface area contributed by atoms with E-state index in [1.165, 1.54) is 12.3 Å². The third kappa shape index (κ3) is 2.79. The molecule has 1 N–H and O–H groups in total. The van der Waals surface area contributed by atoms with Gasteiger partial charge >= 0.3 is 0 Å². The fourth-order valence-electron chi connectivity index (χ4n) is 1.32. The second-order valence-electron chi connectivity index (χ2n) is 3.48. The van der Waals surface area contributed by atoms with Crippen LogP contribution in [0.1, 0.15) is 16.1 Å². The lowest BCUT2D eigenvalue weighted by molar-refractivity contribution is 0.102. The Balaban J connectivity index is 2.20. The zero-order chi connectivity index (χ0) is 12.3. The first-order valence-electron chi connectivity index (χ1n) is 5.01. The van der Waals surface area contributed by atoms with Gasteiger partial charge in [-0.3, -0.25) is 9.78 Å². The normalized spacial score (nSPS) is 10.0. The van der Waals surface area contributed by atoms with Crippen LogP contribution in [0, 0.1) is 6.92 Å². The molecule has 4 nitrogen and oxygen atoms in total. The first-order valence-corrected chi connectivity index (χ1v) is 5.39. The number of amides is 1. The van der Waals surface area contributed by atoms with E-state index in [0.717, 1.165) is 5.56 Å². The maximum atomic E-state index is 11.8. The molecule has 0 radical (unpaired) electrons. The topological polar surface area (TPSA) is 54.9 Å². The lowest BCUT2D eigenvalue weighted by Crippen LogP contribution is -2.15. The van der Waals surface area contributed by atoms with E-state index in [4.69, 9.17) is 11.6 Å².